The van der Waals surface area contributed by atoms with Gasteiger partial charge < -0.3 is 10.6 Å². The Balaban J connectivity index is 1.75. The summed E-state index contributed by atoms with van der Waals surface area (Å²) >= 11 is 0. The molecular formula is C15H21N5O3S. The van der Waals surface area contributed by atoms with E-state index in [0.29, 0.717) is 12.1 Å². The van der Waals surface area contributed by atoms with Crippen molar-refractivity contribution in [2.24, 2.45) is 0 Å². The minimum Gasteiger partial charge on any atom is -0.349 e. The number of imidazole rings is 1. The van der Waals surface area contributed by atoms with Crippen LogP contribution in [0.5, 0.6) is 0 Å². The van der Waals surface area contributed by atoms with Crippen molar-refractivity contribution in [2.45, 2.75) is 5.16 Å². The minimum absolute atomic E-state index is 0.120. The van der Waals surface area contributed by atoms with Crippen molar-refractivity contribution >= 4 is 21.3 Å². The number of hydrogen-bond acceptors (Lipinski definition) is 6. The van der Waals surface area contributed by atoms with Crippen molar-refractivity contribution in [3.05, 3.63) is 30.1 Å². The normalized spacial score (nSPS) is 16.4. The van der Waals surface area contributed by atoms with Crippen molar-refractivity contribution in [1.82, 2.24) is 24.9 Å². The van der Waals surface area contributed by atoms with Gasteiger partial charge in [0.1, 0.15) is 0 Å². The quantitative estimate of drug-likeness (QED) is 0.745. The molecule has 1 saturated heterocycles. The molecule has 0 unspecified atom stereocenters. The Bertz CT molecular complexity index is 840. The van der Waals surface area contributed by atoms with Gasteiger partial charge in [-0.25, -0.2) is 13.4 Å². The molecule has 2 aromatic heterocycles. The van der Waals surface area contributed by atoms with Crippen LogP contribution >= 0.6 is 0 Å². The topological polar surface area (TPSA) is 95.8 Å². The Labute approximate surface area is 140 Å². The van der Waals surface area contributed by atoms with Gasteiger partial charge in [-0.2, -0.15) is 0 Å². The number of carbonyl (C=O) groups excluding carboxylic acids is 1. The van der Waals surface area contributed by atoms with Crippen LogP contribution in [0.1, 0.15) is 10.5 Å². The third-order valence-corrected chi connectivity index (χ3v) is 4.94. The van der Waals surface area contributed by atoms with Crippen molar-refractivity contribution in [3.63, 3.8) is 0 Å². The zero-order chi connectivity index (χ0) is 17.2. The lowest BCUT2D eigenvalue weighted by atomic mass is 10.3. The fourth-order valence-corrected chi connectivity index (χ4v) is 3.56. The molecule has 1 aliphatic rings. The van der Waals surface area contributed by atoms with Crippen LogP contribution in [0.15, 0.2) is 29.6 Å². The van der Waals surface area contributed by atoms with Gasteiger partial charge in [-0.3, -0.25) is 14.1 Å². The number of nitrogens with zero attached hydrogens (tertiary/aromatic N) is 3. The van der Waals surface area contributed by atoms with Gasteiger partial charge in [-0.15, -0.1) is 0 Å². The highest BCUT2D eigenvalue weighted by molar-refractivity contribution is 7.90. The van der Waals surface area contributed by atoms with Gasteiger partial charge in [0.05, 0.1) is 5.52 Å². The summed E-state index contributed by atoms with van der Waals surface area (Å²) in [5.74, 6) is -0.358. The van der Waals surface area contributed by atoms with Crippen LogP contribution in [0, 0.1) is 0 Å². The van der Waals surface area contributed by atoms with Gasteiger partial charge in [0.2, 0.25) is 15.0 Å². The minimum atomic E-state index is -3.52. The van der Waals surface area contributed by atoms with Gasteiger partial charge in [0.15, 0.2) is 5.69 Å². The zero-order valence-corrected chi connectivity index (χ0v) is 14.3. The fourth-order valence-electron chi connectivity index (χ4n) is 2.78. The van der Waals surface area contributed by atoms with Crippen molar-refractivity contribution in [3.8, 4) is 0 Å². The molecule has 130 valence electrons. The molecule has 24 heavy (non-hydrogen) atoms. The average molecular weight is 351 g/mol. The molecule has 2 aromatic rings. The van der Waals surface area contributed by atoms with E-state index in [0.717, 1.165) is 39.0 Å². The number of fused-ring (bicyclic) bond motifs is 1. The number of aromatic nitrogens is 2. The van der Waals surface area contributed by atoms with E-state index in [9.17, 15) is 13.2 Å². The van der Waals surface area contributed by atoms with Crippen LogP contribution in [-0.2, 0) is 9.84 Å². The first-order chi connectivity index (χ1) is 11.5. The zero-order valence-electron chi connectivity index (χ0n) is 13.5. The Kier molecular flexibility index (Phi) is 4.83. The molecular weight excluding hydrogens is 330 g/mol. The number of hydrogen-bond donors (Lipinski definition) is 2. The monoisotopic (exact) mass is 351 g/mol. The predicted molar refractivity (Wildman–Crippen MR) is 89.9 cm³/mol. The van der Waals surface area contributed by atoms with E-state index in [1.165, 1.54) is 4.40 Å². The maximum Gasteiger partial charge on any atom is 0.272 e. The van der Waals surface area contributed by atoms with E-state index in [1.807, 2.05) is 0 Å². The van der Waals surface area contributed by atoms with E-state index in [4.69, 9.17) is 0 Å². The molecule has 9 heteroatoms. The summed E-state index contributed by atoms with van der Waals surface area (Å²) < 4.78 is 25.2. The molecule has 8 nitrogen and oxygen atoms in total. The summed E-state index contributed by atoms with van der Waals surface area (Å²) in [5.41, 5.74) is 0.619. The second-order valence-corrected chi connectivity index (χ2v) is 7.73. The highest BCUT2D eigenvalue weighted by Crippen LogP contribution is 2.16. The summed E-state index contributed by atoms with van der Waals surface area (Å²) in [6.45, 7) is 5.09. The van der Waals surface area contributed by atoms with Crippen molar-refractivity contribution < 1.29 is 13.2 Å². The summed E-state index contributed by atoms with van der Waals surface area (Å²) in [5, 5.41) is 5.99. The molecule has 0 atom stereocenters. The number of amides is 1. The molecule has 0 saturated carbocycles. The van der Waals surface area contributed by atoms with Crippen LogP contribution in [0.25, 0.3) is 5.52 Å². The molecule has 1 fully saturated rings. The van der Waals surface area contributed by atoms with E-state index >= 15 is 0 Å². The van der Waals surface area contributed by atoms with Gasteiger partial charge in [0.25, 0.3) is 5.91 Å². The van der Waals surface area contributed by atoms with Crippen LogP contribution < -0.4 is 10.6 Å². The van der Waals surface area contributed by atoms with Crippen molar-refractivity contribution in [1.29, 1.82) is 0 Å². The smallest absolute Gasteiger partial charge is 0.272 e. The van der Waals surface area contributed by atoms with E-state index in [2.05, 4.69) is 20.5 Å². The molecule has 0 aromatic carbocycles. The highest BCUT2D eigenvalue weighted by Gasteiger charge is 2.22. The SMILES string of the molecule is CS(=O)(=O)c1nc(C(=O)NCCN2CCNCC2)c2ccccn12. The number of pyridine rings is 1. The third kappa shape index (κ3) is 3.58. The molecule has 0 radical (unpaired) electrons. The van der Waals surface area contributed by atoms with Gasteiger partial charge in [-0.1, -0.05) is 6.07 Å². The van der Waals surface area contributed by atoms with Gasteiger partial charge in [0, 0.05) is 51.7 Å². The Morgan fingerprint density at radius 3 is 2.79 bits per heavy atom. The van der Waals surface area contributed by atoms with Crippen LogP contribution in [-0.4, -0.2) is 74.1 Å². The average Bonchev–Trinajstić information content (AvgIpc) is 2.96. The summed E-state index contributed by atoms with van der Waals surface area (Å²) in [4.78, 5) is 18.8. The summed E-state index contributed by atoms with van der Waals surface area (Å²) in [6, 6.07) is 5.14. The Morgan fingerprint density at radius 2 is 2.08 bits per heavy atom. The standard InChI is InChI=1S/C15H21N5O3S/c1-24(22,23)15-18-13(12-4-2-3-8-20(12)15)14(21)17-7-11-19-9-5-16-6-10-19/h2-4,8,16H,5-7,9-11H2,1H3,(H,17,21). The summed E-state index contributed by atoms with van der Waals surface area (Å²) in [7, 11) is -3.52. The van der Waals surface area contributed by atoms with E-state index in [1.54, 1.807) is 24.4 Å². The lowest BCUT2D eigenvalue weighted by Gasteiger charge is -2.26. The van der Waals surface area contributed by atoms with E-state index < -0.39 is 9.84 Å². The number of nitrogens with one attached hydrogen (secondary N) is 2. The number of carbonyl (C=O) groups is 1. The Hall–Kier alpha value is -1.97. The van der Waals surface area contributed by atoms with Gasteiger partial charge in [-0.05, 0) is 12.1 Å². The molecule has 2 N–H and O–H groups in total. The molecule has 0 spiro atoms. The largest absolute Gasteiger partial charge is 0.349 e. The molecule has 3 heterocycles. The fraction of sp³-hybridized carbons (Fsp3) is 0.467. The van der Waals surface area contributed by atoms with E-state index in [-0.39, 0.29) is 16.8 Å². The number of sulfone groups is 1. The van der Waals surface area contributed by atoms with Crippen LogP contribution in [0.4, 0.5) is 0 Å². The van der Waals surface area contributed by atoms with Crippen LogP contribution in [0.2, 0.25) is 0 Å². The maximum absolute atomic E-state index is 12.4. The molecule has 0 bridgehead atoms. The molecule has 3 rings (SSSR count). The summed E-state index contributed by atoms with van der Waals surface area (Å²) in [6.07, 6.45) is 2.68. The number of rotatable bonds is 5. The van der Waals surface area contributed by atoms with Crippen molar-refractivity contribution in [2.75, 3.05) is 45.5 Å². The first kappa shape index (κ1) is 16.9. The molecule has 1 aliphatic heterocycles. The Morgan fingerprint density at radius 1 is 1.33 bits per heavy atom. The van der Waals surface area contributed by atoms with Gasteiger partial charge >= 0.3 is 0 Å². The lowest BCUT2D eigenvalue weighted by molar-refractivity contribution is 0.0944. The third-order valence-electron chi connectivity index (χ3n) is 3.99. The highest BCUT2D eigenvalue weighted by atomic mass is 32.2. The second kappa shape index (κ2) is 6.88. The lowest BCUT2D eigenvalue weighted by Crippen LogP contribution is -2.46. The first-order valence-corrected chi connectivity index (χ1v) is 9.74. The molecule has 1 amide bonds. The first-order valence-electron chi connectivity index (χ1n) is 7.85. The second-order valence-electron chi connectivity index (χ2n) is 5.82. The number of piperazine rings is 1. The van der Waals surface area contributed by atoms with Crippen LogP contribution in [0.3, 0.4) is 0 Å². The maximum atomic E-state index is 12.4. The molecule has 0 aliphatic carbocycles. The predicted octanol–water partition coefficient (Wildman–Crippen LogP) is -0.627.